The minimum atomic E-state index is -0.344. The highest BCUT2D eigenvalue weighted by molar-refractivity contribution is 5.89. The van der Waals surface area contributed by atoms with Crippen molar-refractivity contribution in [1.29, 1.82) is 0 Å². The van der Waals surface area contributed by atoms with Gasteiger partial charge in [-0.25, -0.2) is 0 Å². The number of nitrogens with one attached hydrogen (secondary N) is 2. The summed E-state index contributed by atoms with van der Waals surface area (Å²) in [7, 11) is 3.28. The second-order valence-electron chi connectivity index (χ2n) is 7.86. The van der Waals surface area contributed by atoms with Crippen molar-refractivity contribution in [2.75, 3.05) is 14.2 Å². The first-order valence-corrected chi connectivity index (χ1v) is 9.79. The van der Waals surface area contributed by atoms with Gasteiger partial charge in [-0.15, -0.1) is 0 Å². The lowest BCUT2D eigenvalue weighted by molar-refractivity contribution is -0.132. The molecule has 2 saturated carbocycles. The molecule has 2 aliphatic rings. The first-order valence-electron chi connectivity index (χ1n) is 9.79. The molecule has 2 aromatic carbocycles. The quantitative estimate of drug-likeness (QED) is 0.782. The Morgan fingerprint density at radius 3 is 2.30 bits per heavy atom. The molecule has 1 unspecified atom stereocenters. The number of hydrogen-bond acceptors (Lipinski definition) is 4. The topological polar surface area (TPSA) is 59.6 Å². The average Bonchev–Trinajstić information content (AvgIpc) is 3.46. The summed E-state index contributed by atoms with van der Waals surface area (Å²) in [6.07, 6.45) is 5.40. The number of benzene rings is 2. The third-order valence-corrected chi connectivity index (χ3v) is 5.91. The molecule has 0 aliphatic heterocycles. The average molecular weight is 368 g/mol. The fourth-order valence-electron chi connectivity index (χ4n) is 3.87. The fourth-order valence-corrected chi connectivity index (χ4v) is 3.87. The summed E-state index contributed by atoms with van der Waals surface area (Å²) in [6, 6.07) is 10.7. The molecule has 5 nitrogen and oxygen atoms in total. The molecule has 0 heterocycles. The molecular weight excluding hydrogens is 340 g/mol. The fraction of sp³-hybridized carbons (Fsp3) is 0.500. The van der Waals surface area contributed by atoms with E-state index in [2.05, 4.69) is 28.8 Å². The van der Waals surface area contributed by atoms with Crippen LogP contribution in [0.15, 0.2) is 30.3 Å². The molecule has 2 aromatic rings. The summed E-state index contributed by atoms with van der Waals surface area (Å²) in [5.41, 5.74) is 0.743. The number of rotatable bonds is 7. The maximum Gasteiger partial charge on any atom is 0.240 e. The van der Waals surface area contributed by atoms with Crippen LogP contribution in [-0.2, 0) is 4.79 Å². The second kappa shape index (κ2) is 7.04. The Hall–Kier alpha value is -2.27. The van der Waals surface area contributed by atoms with E-state index in [9.17, 15) is 4.79 Å². The highest BCUT2D eigenvalue weighted by Gasteiger charge is 2.47. The molecule has 27 heavy (non-hydrogen) atoms. The van der Waals surface area contributed by atoms with Crippen molar-refractivity contribution in [3.8, 4) is 11.5 Å². The van der Waals surface area contributed by atoms with Gasteiger partial charge in [0.2, 0.25) is 5.91 Å². The smallest absolute Gasteiger partial charge is 0.240 e. The van der Waals surface area contributed by atoms with Gasteiger partial charge in [-0.2, -0.15) is 0 Å². The molecule has 0 bridgehead atoms. The van der Waals surface area contributed by atoms with E-state index in [-0.39, 0.29) is 17.5 Å². The van der Waals surface area contributed by atoms with Crippen LogP contribution in [0.1, 0.15) is 50.6 Å². The van der Waals surface area contributed by atoms with Crippen LogP contribution < -0.4 is 20.1 Å². The second-order valence-corrected chi connectivity index (χ2v) is 7.86. The van der Waals surface area contributed by atoms with Crippen molar-refractivity contribution in [1.82, 2.24) is 10.6 Å². The highest BCUT2D eigenvalue weighted by atomic mass is 16.5. The molecule has 144 valence electrons. The van der Waals surface area contributed by atoms with Crippen LogP contribution in [0.2, 0.25) is 0 Å². The van der Waals surface area contributed by atoms with Gasteiger partial charge in [-0.05, 0) is 73.6 Å². The van der Waals surface area contributed by atoms with Crippen molar-refractivity contribution in [3.05, 3.63) is 35.9 Å². The number of fused-ring (bicyclic) bond motifs is 1. The lowest BCUT2D eigenvalue weighted by atomic mass is 9.75. The zero-order chi connectivity index (χ0) is 19.0. The van der Waals surface area contributed by atoms with Gasteiger partial charge < -0.3 is 20.1 Å². The lowest BCUT2D eigenvalue weighted by Crippen LogP contribution is -2.62. The van der Waals surface area contributed by atoms with Gasteiger partial charge >= 0.3 is 0 Å². The number of hydrogen-bond donors (Lipinski definition) is 2. The molecule has 1 atom stereocenters. The number of carbonyl (C=O) groups is 1. The van der Waals surface area contributed by atoms with Crippen LogP contribution in [0.25, 0.3) is 10.8 Å². The third kappa shape index (κ3) is 3.48. The highest BCUT2D eigenvalue weighted by Crippen LogP contribution is 2.37. The van der Waals surface area contributed by atoms with Gasteiger partial charge in [0, 0.05) is 6.04 Å². The van der Waals surface area contributed by atoms with E-state index >= 15 is 0 Å². The molecule has 2 aliphatic carbocycles. The minimum Gasteiger partial charge on any atom is -0.493 e. The Morgan fingerprint density at radius 1 is 1.07 bits per heavy atom. The Kier molecular flexibility index (Phi) is 4.72. The lowest BCUT2D eigenvalue weighted by Gasteiger charge is -2.42. The van der Waals surface area contributed by atoms with E-state index < -0.39 is 0 Å². The summed E-state index contributed by atoms with van der Waals surface area (Å²) in [6.45, 7) is 2.04. The van der Waals surface area contributed by atoms with Crippen molar-refractivity contribution in [2.24, 2.45) is 0 Å². The van der Waals surface area contributed by atoms with Crippen LogP contribution in [0.5, 0.6) is 11.5 Å². The van der Waals surface area contributed by atoms with Gasteiger partial charge in [0.1, 0.15) is 0 Å². The van der Waals surface area contributed by atoms with Crippen LogP contribution in [0.3, 0.4) is 0 Å². The Bertz CT molecular complexity index is 856. The minimum absolute atomic E-state index is 0.0477. The molecule has 0 saturated heterocycles. The maximum atomic E-state index is 12.9. The number of methoxy groups -OCH3 is 2. The summed E-state index contributed by atoms with van der Waals surface area (Å²) in [4.78, 5) is 12.9. The zero-order valence-electron chi connectivity index (χ0n) is 16.3. The third-order valence-electron chi connectivity index (χ3n) is 5.91. The summed E-state index contributed by atoms with van der Waals surface area (Å²) in [5, 5.41) is 8.96. The number of carbonyl (C=O) groups excluding carboxylic acids is 1. The number of ether oxygens (including phenoxy) is 2. The molecular formula is C22H28N2O3. The van der Waals surface area contributed by atoms with E-state index in [1.54, 1.807) is 14.2 Å². The van der Waals surface area contributed by atoms with Gasteiger partial charge in [-0.1, -0.05) is 12.1 Å². The van der Waals surface area contributed by atoms with Crippen molar-refractivity contribution in [3.63, 3.8) is 0 Å². The van der Waals surface area contributed by atoms with Gasteiger partial charge in [0.25, 0.3) is 0 Å². The van der Waals surface area contributed by atoms with Crippen LogP contribution in [-0.4, -0.2) is 31.7 Å². The predicted molar refractivity (Wildman–Crippen MR) is 106 cm³/mol. The molecule has 0 radical (unpaired) electrons. The standard InChI is InChI=1S/C22H28N2O3/c1-14(23-21(25)22(9-4-10-22)24-18-7-8-18)15-5-6-16-12-19(26-2)20(27-3)13-17(16)11-15/h5-6,11-14,18,24H,4,7-10H2,1-3H3,(H,23,25). The van der Waals surface area contributed by atoms with Gasteiger partial charge in [0.15, 0.2) is 11.5 Å². The normalized spacial score (nSPS) is 19.2. The molecule has 0 aromatic heterocycles. The van der Waals surface area contributed by atoms with Gasteiger partial charge in [0.05, 0.1) is 25.8 Å². The Labute approximate surface area is 160 Å². The largest absolute Gasteiger partial charge is 0.493 e. The molecule has 2 fully saturated rings. The molecule has 0 spiro atoms. The summed E-state index contributed by atoms with van der Waals surface area (Å²) in [5.74, 6) is 1.57. The van der Waals surface area contributed by atoms with Crippen molar-refractivity contribution < 1.29 is 14.3 Å². The van der Waals surface area contributed by atoms with Crippen molar-refractivity contribution in [2.45, 2.75) is 56.7 Å². The van der Waals surface area contributed by atoms with E-state index in [0.717, 1.165) is 41.3 Å². The Morgan fingerprint density at radius 2 is 1.74 bits per heavy atom. The first-order chi connectivity index (χ1) is 13.0. The van der Waals surface area contributed by atoms with E-state index in [4.69, 9.17) is 9.47 Å². The predicted octanol–water partition coefficient (Wildman–Crippen LogP) is 3.71. The summed E-state index contributed by atoms with van der Waals surface area (Å²) < 4.78 is 10.8. The van der Waals surface area contributed by atoms with Crippen LogP contribution >= 0.6 is 0 Å². The van der Waals surface area contributed by atoms with E-state index in [1.165, 1.54) is 12.8 Å². The Balaban J connectivity index is 1.53. The monoisotopic (exact) mass is 368 g/mol. The van der Waals surface area contributed by atoms with E-state index in [1.807, 2.05) is 19.1 Å². The van der Waals surface area contributed by atoms with Crippen LogP contribution in [0, 0.1) is 0 Å². The van der Waals surface area contributed by atoms with E-state index in [0.29, 0.717) is 11.8 Å². The van der Waals surface area contributed by atoms with Gasteiger partial charge in [-0.3, -0.25) is 4.79 Å². The number of amides is 1. The summed E-state index contributed by atoms with van der Waals surface area (Å²) >= 11 is 0. The molecule has 4 rings (SSSR count). The molecule has 2 N–H and O–H groups in total. The van der Waals surface area contributed by atoms with Crippen LogP contribution in [0.4, 0.5) is 0 Å². The van der Waals surface area contributed by atoms with Crippen molar-refractivity contribution >= 4 is 16.7 Å². The SMILES string of the molecule is COc1cc2ccc(C(C)NC(=O)C3(NC4CC4)CCC3)cc2cc1OC. The molecule has 5 heteroatoms. The maximum absolute atomic E-state index is 12.9. The first kappa shape index (κ1) is 18.1. The molecule has 1 amide bonds. The zero-order valence-corrected chi connectivity index (χ0v) is 16.3.